The van der Waals surface area contributed by atoms with Crippen molar-refractivity contribution in [1.29, 1.82) is 0 Å². The van der Waals surface area contributed by atoms with Gasteiger partial charge < -0.3 is 5.32 Å². The number of alkyl halides is 2. The quantitative estimate of drug-likeness (QED) is 0.887. The molecule has 0 saturated heterocycles. The molecule has 1 unspecified atom stereocenters. The number of hydrogen-bond acceptors (Lipinski definition) is 3. The highest BCUT2D eigenvalue weighted by molar-refractivity contribution is 5.76. The molecule has 0 aliphatic carbocycles. The molecule has 6 nitrogen and oxygen atoms in total. The molecule has 2 aromatic rings. The minimum absolute atomic E-state index is 0.237. The number of halogens is 2. The van der Waals surface area contributed by atoms with Gasteiger partial charge in [0.05, 0.1) is 17.4 Å². The lowest BCUT2D eigenvalue weighted by atomic mass is 10.1. The van der Waals surface area contributed by atoms with Crippen LogP contribution in [0.4, 0.5) is 8.78 Å². The van der Waals surface area contributed by atoms with Crippen molar-refractivity contribution in [3.63, 3.8) is 0 Å². The summed E-state index contributed by atoms with van der Waals surface area (Å²) in [5, 5.41) is 11.1. The number of aromatic nitrogens is 4. The Morgan fingerprint density at radius 2 is 2.04 bits per heavy atom. The lowest BCUT2D eigenvalue weighted by Gasteiger charge is -2.14. The lowest BCUT2D eigenvalue weighted by molar-refractivity contribution is -0.122. The fraction of sp³-hybridized carbons (Fsp3) is 0.533. The van der Waals surface area contributed by atoms with Gasteiger partial charge >= 0.3 is 0 Å². The summed E-state index contributed by atoms with van der Waals surface area (Å²) < 4.78 is 28.7. The molecule has 1 N–H and O–H groups in total. The molecular formula is C15H21F2N5O. The van der Waals surface area contributed by atoms with Crippen LogP contribution in [0.1, 0.15) is 49.0 Å². The fourth-order valence-electron chi connectivity index (χ4n) is 2.49. The van der Waals surface area contributed by atoms with E-state index in [9.17, 15) is 13.6 Å². The largest absolute Gasteiger partial charge is 0.348 e. The Balaban J connectivity index is 2.06. The first-order valence-corrected chi connectivity index (χ1v) is 7.47. The van der Waals surface area contributed by atoms with E-state index in [1.54, 1.807) is 11.6 Å². The van der Waals surface area contributed by atoms with Crippen LogP contribution in [0.25, 0.3) is 0 Å². The van der Waals surface area contributed by atoms with Crippen molar-refractivity contribution < 1.29 is 13.6 Å². The minimum atomic E-state index is -2.66. The molecule has 0 saturated carbocycles. The van der Waals surface area contributed by atoms with E-state index >= 15 is 0 Å². The second kappa shape index (κ2) is 6.89. The topological polar surface area (TPSA) is 64.7 Å². The van der Waals surface area contributed by atoms with Crippen molar-refractivity contribution >= 4 is 5.91 Å². The van der Waals surface area contributed by atoms with E-state index in [2.05, 4.69) is 15.5 Å². The van der Waals surface area contributed by atoms with Gasteiger partial charge in [-0.1, -0.05) is 0 Å². The highest BCUT2D eigenvalue weighted by Crippen LogP contribution is 2.20. The van der Waals surface area contributed by atoms with E-state index in [0.29, 0.717) is 5.69 Å². The van der Waals surface area contributed by atoms with Crippen LogP contribution < -0.4 is 5.32 Å². The maximum atomic E-state index is 12.9. The average Bonchev–Trinajstić information content (AvgIpc) is 3.01. The van der Waals surface area contributed by atoms with Gasteiger partial charge in [-0.15, -0.1) is 0 Å². The van der Waals surface area contributed by atoms with E-state index in [1.807, 2.05) is 27.0 Å². The first kappa shape index (κ1) is 17.1. The van der Waals surface area contributed by atoms with Gasteiger partial charge in [0.15, 0.2) is 0 Å². The average molecular weight is 325 g/mol. The Labute approximate surface area is 133 Å². The molecule has 2 aromatic heterocycles. The van der Waals surface area contributed by atoms with Crippen molar-refractivity contribution in [2.24, 2.45) is 0 Å². The van der Waals surface area contributed by atoms with Crippen molar-refractivity contribution in [1.82, 2.24) is 24.9 Å². The van der Waals surface area contributed by atoms with E-state index in [4.69, 9.17) is 0 Å². The number of rotatable bonds is 6. The smallest absolute Gasteiger partial charge is 0.280 e. The second-order valence-electron chi connectivity index (χ2n) is 5.48. The first-order chi connectivity index (χ1) is 10.8. The minimum Gasteiger partial charge on any atom is -0.348 e. The Kier molecular flexibility index (Phi) is 5.12. The van der Waals surface area contributed by atoms with E-state index in [-0.39, 0.29) is 24.2 Å². The number of nitrogens with one attached hydrogen (secondary N) is 1. The zero-order valence-corrected chi connectivity index (χ0v) is 13.7. The highest BCUT2D eigenvalue weighted by atomic mass is 19.3. The zero-order chi connectivity index (χ0) is 17.1. The molecule has 0 fully saturated rings. The van der Waals surface area contributed by atoms with Gasteiger partial charge in [-0.2, -0.15) is 10.2 Å². The molecule has 0 radical (unpaired) electrons. The van der Waals surface area contributed by atoms with Crippen LogP contribution in [0.3, 0.4) is 0 Å². The third-order valence-electron chi connectivity index (χ3n) is 3.60. The highest BCUT2D eigenvalue weighted by Gasteiger charge is 2.19. The summed E-state index contributed by atoms with van der Waals surface area (Å²) in [6, 6.07) is 1.03. The number of carbonyl (C=O) groups excluding carboxylic acids is 1. The summed E-state index contributed by atoms with van der Waals surface area (Å²) in [6.45, 7) is 7.81. The van der Waals surface area contributed by atoms with Crippen LogP contribution in [0.2, 0.25) is 0 Å². The Bertz CT molecular complexity index is 692. The Morgan fingerprint density at radius 3 is 2.61 bits per heavy atom. The number of hydrogen-bond donors (Lipinski definition) is 1. The molecule has 2 rings (SSSR count). The first-order valence-electron chi connectivity index (χ1n) is 7.47. The van der Waals surface area contributed by atoms with E-state index < -0.39 is 6.43 Å². The molecule has 8 heteroatoms. The molecule has 1 atom stereocenters. The van der Waals surface area contributed by atoms with Gasteiger partial charge in [-0.25, -0.2) is 8.78 Å². The van der Waals surface area contributed by atoms with Gasteiger partial charge in [0, 0.05) is 18.3 Å². The van der Waals surface area contributed by atoms with Crippen molar-refractivity contribution in [3.8, 4) is 0 Å². The number of nitrogens with zero attached hydrogens (tertiary/aromatic N) is 4. The maximum Gasteiger partial charge on any atom is 0.280 e. The van der Waals surface area contributed by atoms with Crippen LogP contribution >= 0.6 is 0 Å². The monoisotopic (exact) mass is 325 g/mol. The molecule has 0 spiro atoms. The van der Waals surface area contributed by atoms with Crippen LogP contribution in [0, 0.1) is 13.8 Å². The Morgan fingerprint density at radius 1 is 1.35 bits per heavy atom. The van der Waals surface area contributed by atoms with Crippen LogP contribution in [0.5, 0.6) is 0 Å². The second-order valence-corrected chi connectivity index (χ2v) is 5.48. The van der Waals surface area contributed by atoms with Crippen molar-refractivity contribution in [3.05, 3.63) is 34.9 Å². The van der Waals surface area contributed by atoms with Gasteiger partial charge in [0.2, 0.25) is 5.91 Å². The summed E-state index contributed by atoms with van der Waals surface area (Å²) in [6.07, 6.45) is -0.783. The molecule has 2 heterocycles. The number of aryl methyl sites for hydroxylation is 3. The summed E-state index contributed by atoms with van der Waals surface area (Å²) in [4.78, 5) is 12.1. The summed E-state index contributed by atoms with van der Waals surface area (Å²) in [5.41, 5.74) is 1.95. The Hall–Kier alpha value is -2.25. The van der Waals surface area contributed by atoms with Gasteiger partial charge in [0.25, 0.3) is 6.43 Å². The molecule has 0 aromatic carbocycles. The molecule has 0 aliphatic heterocycles. The zero-order valence-electron chi connectivity index (χ0n) is 13.7. The maximum absolute atomic E-state index is 12.9. The standard InChI is InChI=1S/C15H21F2N5O/c1-5-21-7-12(11(4)20-21)10(3)18-14(23)8-22-13(15(16)17)6-9(2)19-22/h6-7,10,15H,5,8H2,1-4H3,(H,18,23). The lowest BCUT2D eigenvalue weighted by Crippen LogP contribution is -2.31. The predicted molar refractivity (Wildman–Crippen MR) is 81.1 cm³/mol. The number of carbonyl (C=O) groups is 1. The predicted octanol–water partition coefficient (Wildman–Crippen LogP) is 2.53. The third kappa shape index (κ3) is 3.94. The van der Waals surface area contributed by atoms with E-state index in [0.717, 1.165) is 22.5 Å². The van der Waals surface area contributed by atoms with E-state index in [1.165, 1.54) is 6.07 Å². The molecule has 0 aliphatic rings. The fourth-order valence-corrected chi connectivity index (χ4v) is 2.49. The SMILES string of the molecule is CCn1cc(C(C)NC(=O)Cn2nc(C)cc2C(F)F)c(C)n1. The molecular weight excluding hydrogens is 304 g/mol. The summed E-state index contributed by atoms with van der Waals surface area (Å²) in [7, 11) is 0. The van der Waals surface area contributed by atoms with Crippen molar-refractivity contribution in [2.75, 3.05) is 0 Å². The van der Waals surface area contributed by atoms with Gasteiger partial charge in [-0.3, -0.25) is 14.2 Å². The number of amides is 1. The molecule has 1 amide bonds. The van der Waals surface area contributed by atoms with Gasteiger partial charge in [-0.05, 0) is 33.8 Å². The van der Waals surface area contributed by atoms with Gasteiger partial charge in [0.1, 0.15) is 12.2 Å². The molecule has 0 bridgehead atoms. The summed E-state index contributed by atoms with van der Waals surface area (Å²) >= 11 is 0. The van der Waals surface area contributed by atoms with Crippen LogP contribution in [0.15, 0.2) is 12.3 Å². The summed E-state index contributed by atoms with van der Waals surface area (Å²) in [5.74, 6) is -0.369. The van der Waals surface area contributed by atoms with Crippen molar-refractivity contribution in [2.45, 2.75) is 53.3 Å². The van der Waals surface area contributed by atoms with Crippen LogP contribution in [-0.4, -0.2) is 25.5 Å². The van der Waals surface area contributed by atoms with Crippen LogP contribution in [-0.2, 0) is 17.9 Å². The molecule has 126 valence electrons. The third-order valence-corrected chi connectivity index (χ3v) is 3.60. The molecule has 23 heavy (non-hydrogen) atoms. The normalized spacial score (nSPS) is 12.7.